The van der Waals surface area contributed by atoms with E-state index in [0.29, 0.717) is 18.9 Å². The number of carboxylic acid groups (broad SMARTS) is 1. The van der Waals surface area contributed by atoms with Crippen molar-refractivity contribution in [2.45, 2.75) is 6.54 Å². The van der Waals surface area contributed by atoms with Crippen molar-refractivity contribution in [1.82, 2.24) is 5.32 Å². The maximum Gasteiger partial charge on any atom is 0.335 e. The minimum Gasteiger partial charge on any atom is -0.478 e. The molecule has 0 saturated carbocycles. The van der Waals surface area contributed by atoms with Gasteiger partial charge >= 0.3 is 5.97 Å². The zero-order chi connectivity index (χ0) is 14.1. The van der Waals surface area contributed by atoms with Crippen molar-refractivity contribution in [3.05, 3.63) is 35.4 Å². The predicted octanol–water partition coefficient (Wildman–Crippen LogP) is 1.38. The van der Waals surface area contributed by atoms with Crippen LogP contribution in [0.2, 0.25) is 0 Å². The Kier molecular flexibility index (Phi) is 6.99. The molecule has 0 fully saturated rings. The lowest BCUT2D eigenvalue weighted by Gasteiger charge is -2.05. The van der Waals surface area contributed by atoms with Crippen LogP contribution in [0.4, 0.5) is 0 Å². The van der Waals surface area contributed by atoms with Crippen LogP contribution in [0.15, 0.2) is 24.3 Å². The summed E-state index contributed by atoms with van der Waals surface area (Å²) in [5.41, 5.74) is 1.12. The molecule has 0 heterocycles. The Morgan fingerprint density at radius 2 is 2.00 bits per heavy atom. The summed E-state index contributed by atoms with van der Waals surface area (Å²) in [5.74, 6) is 0.196. The van der Waals surface area contributed by atoms with Gasteiger partial charge in [-0.3, -0.25) is 4.79 Å². The third-order valence-electron chi connectivity index (χ3n) is 2.36. The van der Waals surface area contributed by atoms with Gasteiger partial charge in [0, 0.05) is 19.4 Å². The molecule has 19 heavy (non-hydrogen) atoms. The van der Waals surface area contributed by atoms with Gasteiger partial charge in [0.15, 0.2) is 0 Å². The highest BCUT2D eigenvalue weighted by Gasteiger charge is 2.04. The van der Waals surface area contributed by atoms with Crippen LogP contribution in [0, 0.1) is 0 Å². The fraction of sp³-hybridized carbons (Fsp3) is 0.385. The van der Waals surface area contributed by atoms with Crippen molar-refractivity contribution in [2.75, 3.05) is 25.2 Å². The second kappa shape index (κ2) is 8.55. The highest BCUT2D eigenvalue weighted by Crippen LogP contribution is 2.04. The van der Waals surface area contributed by atoms with E-state index in [0.717, 1.165) is 11.3 Å². The van der Waals surface area contributed by atoms with E-state index in [-0.39, 0.29) is 11.5 Å². The number of methoxy groups -OCH3 is 1. The number of rotatable bonds is 8. The van der Waals surface area contributed by atoms with E-state index >= 15 is 0 Å². The molecule has 0 aliphatic heterocycles. The molecule has 1 aromatic carbocycles. The van der Waals surface area contributed by atoms with Crippen molar-refractivity contribution in [3.8, 4) is 0 Å². The molecule has 0 saturated heterocycles. The molecule has 1 amide bonds. The van der Waals surface area contributed by atoms with Gasteiger partial charge in [0.05, 0.1) is 17.9 Å². The summed E-state index contributed by atoms with van der Waals surface area (Å²) in [6.07, 6.45) is 0. The normalized spacial score (nSPS) is 10.2. The quantitative estimate of drug-likeness (QED) is 0.705. The number of aromatic carboxylic acids is 1. The average Bonchev–Trinajstić information content (AvgIpc) is 2.42. The summed E-state index contributed by atoms with van der Waals surface area (Å²) in [6, 6.07) is 6.44. The van der Waals surface area contributed by atoms with E-state index in [1.54, 1.807) is 19.2 Å². The summed E-state index contributed by atoms with van der Waals surface area (Å²) in [6.45, 7) is 1.04. The molecule has 5 nitrogen and oxygen atoms in total. The number of nitrogens with one attached hydrogen (secondary N) is 1. The standard InChI is InChI=1S/C13H17NO4S/c1-18-6-7-19-9-12(15)14-8-10-2-4-11(5-3-10)13(16)17/h2-5H,6-9H2,1H3,(H,14,15)(H,16,17). The number of carboxylic acids is 1. The number of carbonyl (C=O) groups excluding carboxylic acids is 1. The summed E-state index contributed by atoms with van der Waals surface area (Å²) in [7, 11) is 1.63. The smallest absolute Gasteiger partial charge is 0.335 e. The van der Waals surface area contributed by atoms with Gasteiger partial charge in [0.2, 0.25) is 5.91 Å². The minimum atomic E-state index is -0.954. The summed E-state index contributed by atoms with van der Waals surface area (Å²) >= 11 is 1.51. The maximum absolute atomic E-state index is 11.5. The van der Waals surface area contributed by atoms with Gasteiger partial charge in [-0.1, -0.05) is 12.1 Å². The van der Waals surface area contributed by atoms with Gasteiger partial charge < -0.3 is 15.2 Å². The molecule has 0 atom stereocenters. The number of benzene rings is 1. The monoisotopic (exact) mass is 283 g/mol. The first-order chi connectivity index (χ1) is 9.13. The lowest BCUT2D eigenvalue weighted by molar-refractivity contribution is -0.118. The Morgan fingerprint density at radius 1 is 1.32 bits per heavy atom. The van der Waals surface area contributed by atoms with Crippen LogP contribution in [-0.2, 0) is 16.1 Å². The third-order valence-corrected chi connectivity index (χ3v) is 3.28. The molecule has 1 aromatic rings. The highest BCUT2D eigenvalue weighted by atomic mass is 32.2. The van der Waals surface area contributed by atoms with Gasteiger partial charge in [-0.15, -0.1) is 11.8 Å². The minimum absolute atomic E-state index is 0.0385. The molecule has 0 spiro atoms. The van der Waals surface area contributed by atoms with Crippen molar-refractivity contribution in [3.63, 3.8) is 0 Å². The van der Waals surface area contributed by atoms with Crippen LogP contribution in [-0.4, -0.2) is 42.2 Å². The number of carbonyl (C=O) groups is 2. The molecular formula is C13H17NO4S. The Labute approximate surface area is 116 Å². The van der Waals surface area contributed by atoms with Crippen LogP contribution in [0.5, 0.6) is 0 Å². The number of thioether (sulfide) groups is 1. The number of ether oxygens (including phenoxy) is 1. The molecule has 0 unspecified atom stereocenters. The van der Waals surface area contributed by atoms with Crippen molar-refractivity contribution < 1.29 is 19.4 Å². The van der Waals surface area contributed by atoms with E-state index < -0.39 is 5.97 Å². The number of hydrogen-bond acceptors (Lipinski definition) is 4. The molecule has 0 aliphatic carbocycles. The summed E-state index contributed by atoms with van der Waals surface area (Å²) in [5, 5.41) is 11.5. The first-order valence-corrected chi connectivity index (χ1v) is 6.94. The number of amides is 1. The third kappa shape index (κ3) is 6.26. The molecular weight excluding hydrogens is 266 g/mol. The summed E-state index contributed by atoms with van der Waals surface area (Å²) < 4.78 is 4.88. The molecule has 6 heteroatoms. The fourth-order valence-corrected chi connectivity index (χ4v) is 2.04. The molecule has 0 bridgehead atoms. The topological polar surface area (TPSA) is 75.6 Å². The van der Waals surface area contributed by atoms with E-state index in [1.165, 1.54) is 23.9 Å². The highest BCUT2D eigenvalue weighted by molar-refractivity contribution is 7.99. The van der Waals surface area contributed by atoms with E-state index in [2.05, 4.69) is 5.32 Å². The zero-order valence-corrected chi connectivity index (χ0v) is 11.5. The predicted molar refractivity (Wildman–Crippen MR) is 74.4 cm³/mol. The lowest BCUT2D eigenvalue weighted by Crippen LogP contribution is -2.24. The van der Waals surface area contributed by atoms with Crippen LogP contribution in [0.1, 0.15) is 15.9 Å². The molecule has 104 valence electrons. The summed E-state index contributed by atoms with van der Waals surface area (Å²) in [4.78, 5) is 22.2. The van der Waals surface area contributed by atoms with Gasteiger partial charge in [-0.25, -0.2) is 4.79 Å². The number of hydrogen-bond donors (Lipinski definition) is 2. The van der Waals surface area contributed by atoms with E-state index in [9.17, 15) is 9.59 Å². The van der Waals surface area contributed by atoms with Crippen LogP contribution in [0.25, 0.3) is 0 Å². The molecule has 0 aromatic heterocycles. The molecule has 2 N–H and O–H groups in total. The van der Waals surface area contributed by atoms with Gasteiger partial charge in [0.25, 0.3) is 0 Å². The van der Waals surface area contributed by atoms with Gasteiger partial charge in [-0.2, -0.15) is 0 Å². The Bertz CT molecular complexity index is 419. The molecule has 1 rings (SSSR count). The first kappa shape index (κ1) is 15.5. The maximum atomic E-state index is 11.5. The Balaban J connectivity index is 2.28. The van der Waals surface area contributed by atoms with Crippen molar-refractivity contribution in [2.24, 2.45) is 0 Å². The average molecular weight is 283 g/mol. The molecule has 0 aliphatic rings. The second-order valence-electron chi connectivity index (χ2n) is 3.82. The van der Waals surface area contributed by atoms with Crippen molar-refractivity contribution >= 4 is 23.6 Å². The van der Waals surface area contributed by atoms with E-state index in [1.807, 2.05) is 0 Å². The second-order valence-corrected chi connectivity index (χ2v) is 4.93. The largest absolute Gasteiger partial charge is 0.478 e. The first-order valence-electron chi connectivity index (χ1n) is 5.79. The van der Waals surface area contributed by atoms with Crippen LogP contribution >= 0.6 is 11.8 Å². The van der Waals surface area contributed by atoms with Gasteiger partial charge in [-0.05, 0) is 17.7 Å². The van der Waals surface area contributed by atoms with Gasteiger partial charge in [0.1, 0.15) is 0 Å². The molecule has 0 radical (unpaired) electrons. The van der Waals surface area contributed by atoms with Crippen LogP contribution < -0.4 is 5.32 Å². The van der Waals surface area contributed by atoms with Crippen LogP contribution in [0.3, 0.4) is 0 Å². The fourth-order valence-electron chi connectivity index (χ4n) is 1.32. The van der Waals surface area contributed by atoms with Crippen molar-refractivity contribution in [1.29, 1.82) is 0 Å². The van der Waals surface area contributed by atoms with E-state index in [4.69, 9.17) is 9.84 Å². The Hall–Kier alpha value is -1.53. The Morgan fingerprint density at radius 3 is 2.58 bits per heavy atom. The lowest BCUT2D eigenvalue weighted by atomic mass is 10.1. The SMILES string of the molecule is COCCSCC(=O)NCc1ccc(C(=O)O)cc1. The zero-order valence-electron chi connectivity index (χ0n) is 10.7.